The van der Waals surface area contributed by atoms with Gasteiger partial charge in [-0.05, 0) is 54.1 Å². The van der Waals surface area contributed by atoms with E-state index >= 15 is 0 Å². The summed E-state index contributed by atoms with van der Waals surface area (Å²) in [4.78, 5) is 16.0. The second kappa shape index (κ2) is 7.80. The third-order valence-electron chi connectivity index (χ3n) is 4.85. The second-order valence-electron chi connectivity index (χ2n) is 6.46. The molecule has 0 saturated carbocycles. The molecule has 0 N–H and O–H groups in total. The SMILES string of the molecule is CCC1c2ccsc2CCN1C(=O)CN(C)S(=O)(=O)c1ccc(C#N)cc1. The molecule has 8 heteroatoms. The summed E-state index contributed by atoms with van der Waals surface area (Å²) >= 11 is 1.71. The average Bonchev–Trinajstić information content (AvgIpc) is 3.15. The van der Waals surface area contributed by atoms with Crippen molar-refractivity contribution < 1.29 is 13.2 Å². The highest BCUT2D eigenvalue weighted by molar-refractivity contribution is 7.89. The number of fused-ring (bicyclic) bond motifs is 1. The van der Waals surface area contributed by atoms with Crippen molar-refractivity contribution in [2.45, 2.75) is 30.7 Å². The third kappa shape index (κ3) is 3.76. The Hall–Kier alpha value is -2.21. The van der Waals surface area contributed by atoms with E-state index in [2.05, 4.69) is 6.07 Å². The zero-order valence-electron chi connectivity index (χ0n) is 15.3. The molecule has 1 atom stereocenters. The van der Waals surface area contributed by atoms with Crippen molar-refractivity contribution in [3.63, 3.8) is 0 Å². The van der Waals surface area contributed by atoms with Gasteiger partial charge in [0.2, 0.25) is 15.9 Å². The number of nitriles is 1. The van der Waals surface area contributed by atoms with E-state index in [1.165, 1.54) is 41.8 Å². The Morgan fingerprint density at radius 2 is 2.04 bits per heavy atom. The minimum atomic E-state index is -3.79. The fourth-order valence-corrected chi connectivity index (χ4v) is 5.43. The predicted octanol–water partition coefficient (Wildman–Crippen LogP) is 2.78. The molecule has 1 aromatic carbocycles. The van der Waals surface area contributed by atoms with Crippen molar-refractivity contribution in [1.29, 1.82) is 5.26 Å². The van der Waals surface area contributed by atoms with Crippen molar-refractivity contribution in [2.75, 3.05) is 20.1 Å². The first-order valence-electron chi connectivity index (χ1n) is 8.70. The first kappa shape index (κ1) is 19.5. The van der Waals surface area contributed by atoms with E-state index in [1.54, 1.807) is 16.2 Å². The van der Waals surface area contributed by atoms with Crippen LogP contribution >= 0.6 is 11.3 Å². The number of carbonyl (C=O) groups excluding carboxylic acids is 1. The summed E-state index contributed by atoms with van der Waals surface area (Å²) < 4.78 is 26.5. The molecule has 142 valence electrons. The summed E-state index contributed by atoms with van der Waals surface area (Å²) in [5, 5.41) is 10.9. The number of hydrogen-bond acceptors (Lipinski definition) is 5. The second-order valence-corrected chi connectivity index (χ2v) is 9.50. The molecule has 0 bridgehead atoms. The van der Waals surface area contributed by atoms with Gasteiger partial charge in [0, 0.05) is 18.5 Å². The highest BCUT2D eigenvalue weighted by Gasteiger charge is 2.32. The van der Waals surface area contributed by atoms with Crippen LogP contribution in [0.3, 0.4) is 0 Å². The van der Waals surface area contributed by atoms with Crippen LogP contribution in [0.5, 0.6) is 0 Å². The zero-order chi connectivity index (χ0) is 19.6. The van der Waals surface area contributed by atoms with E-state index in [-0.39, 0.29) is 23.4 Å². The standard InChI is InChI=1S/C19H21N3O3S2/c1-3-17-16-9-11-26-18(16)8-10-22(17)19(23)13-21(2)27(24,25)15-6-4-14(12-20)5-7-15/h4-7,9,11,17H,3,8,10,13H2,1-2H3. The molecule has 27 heavy (non-hydrogen) atoms. The van der Waals surface area contributed by atoms with Crippen LogP contribution in [-0.4, -0.2) is 43.7 Å². The Balaban J connectivity index is 1.76. The lowest BCUT2D eigenvalue weighted by molar-refractivity contribution is -0.134. The largest absolute Gasteiger partial charge is 0.334 e. The van der Waals surface area contributed by atoms with E-state index in [9.17, 15) is 13.2 Å². The normalized spacial score (nSPS) is 16.8. The number of hydrogen-bond donors (Lipinski definition) is 0. The number of rotatable bonds is 5. The molecule has 1 aliphatic heterocycles. The molecule has 0 fully saturated rings. The number of benzene rings is 1. The Morgan fingerprint density at radius 1 is 1.33 bits per heavy atom. The fourth-order valence-electron chi connectivity index (χ4n) is 3.38. The molecule has 0 aliphatic carbocycles. The van der Waals surface area contributed by atoms with Crippen LogP contribution in [0.4, 0.5) is 0 Å². The van der Waals surface area contributed by atoms with Crippen molar-refractivity contribution in [3.8, 4) is 6.07 Å². The van der Waals surface area contributed by atoms with Gasteiger partial charge in [0.1, 0.15) is 0 Å². The van der Waals surface area contributed by atoms with Gasteiger partial charge < -0.3 is 4.90 Å². The van der Waals surface area contributed by atoms with Gasteiger partial charge in [0.15, 0.2) is 0 Å². The summed E-state index contributed by atoms with van der Waals surface area (Å²) in [6.45, 7) is 2.43. The van der Waals surface area contributed by atoms with Crippen LogP contribution in [-0.2, 0) is 21.2 Å². The first-order chi connectivity index (χ1) is 12.9. The molecule has 2 heterocycles. The van der Waals surface area contributed by atoms with E-state index in [4.69, 9.17) is 5.26 Å². The monoisotopic (exact) mass is 403 g/mol. The molecule has 1 aliphatic rings. The molecule has 0 radical (unpaired) electrons. The highest BCUT2D eigenvalue weighted by Crippen LogP contribution is 2.35. The number of thiophene rings is 1. The topological polar surface area (TPSA) is 81.5 Å². The van der Waals surface area contributed by atoms with Gasteiger partial charge in [0.05, 0.1) is 29.1 Å². The van der Waals surface area contributed by atoms with Gasteiger partial charge in [-0.3, -0.25) is 4.79 Å². The van der Waals surface area contributed by atoms with E-state index < -0.39 is 10.0 Å². The predicted molar refractivity (Wildman–Crippen MR) is 104 cm³/mol. The van der Waals surface area contributed by atoms with E-state index in [1.807, 2.05) is 18.4 Å². The summed E-state index contributed by atoms with van der Waals surface area (Å²) in [6, 6.07) is 9.71. The molecular formula is C19H21N3O3S2. The quantitative estimate of drug-likeness (QED) is 0.769. The lowest BCUT2D eigenvalue weighted by Crippen LogP contribution is -2.45. The van der Waals surface area contributed by atoms with Crippen molar-refractivity contribution >= 4 is 27.3 Å². The lowest BCUT2D eigenvalue weighted by atomic mass is 9.98. The van der Waals surface area contributed by atoms with Crippen LogP contribution < -0.4 is 0 Å². The summed E-state index contributed by atoms with van der Waals surface area (Å²) in [5.74, 6) is -0.196. The third-order valence-corrected chi connectivity index (χ3v) is 7.67. The Morgan fingerprint density at radius 3 is 2.67 bits per heavy atom. The van der Waals surface area contributed by atoms with Crippen molar-refractivity contribution in [1.82, 2.24) is 9.21 Å². The number of sulfonamides is 1. The Kier molecular flexibility index (Phi) is 5.65. The summed E-state index contributed by atoms with van der Waals surface area (Å²) in [6.07, 6.45) is 1.60. The van der Waals surface area contributed by atoms with Gasteiger partial charge in [-0.1, -0.05) is 6.92 Å². The summed E-state index contributed by atoms with van der Waals surface area (Å²) in [7, 11) is -2.38. The van der Waals surface area contributed by atoms with Gasteiger partial charge in [-0.15, -0.1) is 11.3 Å². The number of carbonyl (C=O) groups is 1. The minimum absolute atomic E-state index is 0.00137. The molecule has 1 amide bonds. The van der Waals surface area contributed by atoms with Crippen molar-refractivity contribution in [3.05, 3.63) is 51.7 Å². The molecular weight excluding hydrogens is 382 g/mol. The van der Waals surface area contributed by atoms with Crippen molar-refractivity contribution in [2.24, 2.45) is 0 Å². The van der Waals surface area contributed by atoms with Crippen LogP contribution in [0, 0.1) is 11.3 Å². The molecule has 3 rings (SSSR count). The van der Waals surface area contributed by atoms with Crippen LogP contribution in [0.25, 0.3) is 0 Å². The zero-order valence-corrected chi connectivity index (χ0v) is 16.9. The lowest BCUT2D eigenvalue weighted by Gasteiger charge is -2.36. The maximum Gasteiger partial charge on any atom is 0.243 e. The molecule has 0 spiro atoms. The smallest absolute Gasteiger partial charge is 0.243 e. The van der Waals surface area contributed by atoms with Gasteiger partial charge in [-0.2, -0.15) is 9.57 Å². The van der Waals surface area contributed by atoms with Crippen LogP contribution in [0.15, 0.2) is 40.6 Å². The van der Waals surface area contributed by atoms with Crippen LogP contribution in [0.1, 0.15) is 35.4 Å². The Labute approximate surface area is 163 Å². The Bertz CT molecular complexity index is 974. The number of amides is 1. The van der Waals surface area contributed by atoms with Gasteiger partial charge in [-0.25, -0.2) is 8.42 Å². The highest BCUT2D eigenvalue weighted by atomic mass is 32.2. The average molecular weight is 404 g/mol. The molecule has 1 unspecified atom stereocenters. The molecule has 1 aromatic heterocycles. The maximum absolute atomic E-state index is 12.9. The number of nitrogens with zero attached hydrogens (tertiary/aromatic N) is 3. The minimum Gasteiger partial charge on any atom is -0.334 e. The van der Waals surface area contributed by atoms with Gasteiger partial charge >= 0.3 is 0 Å². The molecule has 2 aromatic rings. The van der Waals surface area contributed by atoms with E-state index in [0.717, 1.165) is 17.1 Å². The fraction of sp³-hybridized carbons (Fsp3) is 0.368. The van der Waals surface area contributed by atoms with Gasteiger partial charge in [0.25, 0.3) is 0 Å². The maximum atomic E-state index is 12.9. The number of likely N-dealkylation sites (N-methyl/N-ethyl adjacent to an activating group) is 1. The molecule has 0 saturated heterocycles. The summed E-state index contributed by atoms with van der Waals surface area (Å²) in [5.41, 5.74) is 1.57. The van der Waals surface area contributed by atoms with E-state index in [0.29, 0.717) is 12.1 Å². The molecule has 6 nitrogen and oxygen atoms in total. The first-order valence-corrected chi connectivity index (χ1v) is 11.0. The van der Waals surface area contributed by atoms with Crippen LogP contribution in [0.2, 0.25) is 0 Å².